The van der Waals surface area contributed by atoms with E-state index in [9.17, 15) is 14.9 Å². The van der Waals surface area contributed by atoms with E-state index in [-0.39, 0.29) is 15.8 Å². The Morgan fingerprint density at radius 3 is 2.57 bits per heavy atom. The van der Waals surface area contributed by atoms with Crippen molar-refractivity contribution in [3.8, 4) is 11.8 Å². The molecule has 0 bridgehead atoms. The molecular weight excluding hydrogens is 438 g/mol. The number of benzene rings is 2. The predicted octanol–water partition coefficient (Wildman–Crippen LogP) is 2.27. The fourth-order valence-corrected chi connectivity index (χ4v) is 4.36. The molecule has 28 heavy (non-hydrogen) atoms. The molecule has 0 saturated heterocycles. The first-order valence-corrected chi connectivity index (χ1v) is 9.94. The highest BCUT2D eigenvalue weighted by Crippen LogP contribution is 2.16. The molecule has 0 atom stereocenters. The van der Waals surface area contributed by atoms with Crippen molar-refractivity contribution < 1.29 is 4.79 Å². The van der Waals surface area contributed by atoms with Gasteiger partial charge in [-0.15, -0.1) is 11.3 Å². The van der Waals surface area contributed by atoms with Gasteiger partial charge >= 0.3 is 0 Å². The Hall–Kier alpha value is -2.95. The molecule has 3 rings (SSSR count). The van der Waals surface area contributed by atoms with Crippen LogP contribution in [0, 0.1) is 25.2 Å². The van der Waals surface area contributed by atoms with Crippen LogP contribution in [0.15, 0.2) is 51.7 Å². The summed E-state index contributed by atoms with van der Waals surface area (Å²) in [6, 6.07) is 15.0. The lowest BCUT2D eigenvalue weighted by Crippen LogP contribution is -2.32. The average Bonchev–Trinajstić information content (AvgIpc) is 2.94. The molecule has 5 nitrogen and oxygen atoms in total. The van der Waals surface area contributed by atoms with Crippen molar-refractivity contribution in [1.29, 1.82) is 5.26 Å². The lowest BCUT2D eigenvalue weighted by atomic mass is 10.1. The number of thiazole rings is 1. The summed E-state index contributed by atoms with van der Waals surface area (Å²) in [7, 11) is 0. The van der Waals surface area contributed by atoms with Crippen molar-refractivity contribution in [2.45, 2.75) is 13.8 Å². The van der Waals surface area contributed by atoms with E-state index in [1.165, 1.54) is 4.57 Å². The minimum Gasteiger partial charge on any atom is -0.365 e. The van der Waals surface area contributed by atoms with Gasteiger partial charge in [-0.3, -0.25) is 14.2 Å². The van der Waals surface area contributed by atoms with E-state index in [4.69, 9.17) is 5.73 Å². The summed E-state index contributed by atoms with van der Waals surface area (Å²) in [5, 5.41) is 9.45. The number of hydrogen-bond acceptors (Lipinski definition) is 4. The third-order valence-corrected chi connectivity index (χ3v) is 6.00. The summed E-state index contributed by atoms with van der Waals surface area (Å²) in [5.74, 6) is -0.866. The number of carbonyl (C=O) groups excluding carboxylic acids is 1. The first-order valence-electron chi connectivity index (χ1n) is 8.33. The number of hydrogen-bond donors (Lipinski definition) is 1. The van der Waals surface area contributed by atoms with E-state index in [0.717, 1.165) is 32.5 Å². The number of aromatic nitrogens is 1. The Balaban J connectivity index is 2.48. The molecule has 0 spiro atoms. The van der Waals surface area contributed by atoms with Crippen molar-refractivity contribution in [1.82, 2.24) is 4.57 Å². The number of rotatable bonds is 3. The van der Waals surface area contributed by atoms with Gasteiger partial charge in [-0.1, -0.05) is 51.8 Å². The first-order chi connectivity index (χ1) is 13.3. The van der Waals surface area contributed by atoms with Crippen LogP contribution in [-0.4, -0.2) is 10.5 Å². The molecule has 1 heterocycles. The number of nitrogens with zero attached hydrogens (tertiary/aromatic N) is 2. The normalized spacial score (nSPS) is 12.6. The molecule has 2 N–H and O–H groups in total. The van der Waals surface area contributed by atoms with Gasteiger partial charge in [0.25, 0.3) is 11.5 Å². The predicted molar refractivity (Wildman–Crippen MR) is 115 cm³/mol. The maximum absolute atomic E-state index is 13.2. The summed E-state index contributed by atoms with van der Waals surface area (Å²) in [6.45, 7) is 3.83. The van der Waals surface area contributed by atoms with E-state index >= 15 is 0 Å². The largest absolute Gasteiger partial charge is 0.365 e. The molecule has 0 aliphatic heterocycles. The van der Waals surface area contributed by atoms with Gasteiger partial charge in [0.05, 0.1) is 10.2 Å². The number of nitriles is 1. The van der Waals surface area contributed by atoms with Gasteiger partial charge < -0.3 is 5.73 Å². The lowest BCUT2D eigenvalue weighted by molar-refractivity contribution is -0.112. The molecule has 0 aliphatic rings. The van der Waals surface area contributed by atoms with Crippen LogP contribution in [0.1, 0.15) is 16.7 Å². The van der Waals surface area contributed by atoms with Crippen LogP contribution in [0.4, 0.5) is 0 Å². The fourth-order valence-electron chi connectivity index (χ4n) is 2.87. The molecule has 140 valence electrons. The maximum Gasteiger partial charge on any atom is 0.273 e. The molecule has 1 aromatic heterocycles. The zero-order valence-corrected chi connectivity index (χ0v) is 17.6. The topological polar surface area (TPSA) is 88.9 Å². The van der Waals surface area contributed by atoms with E-state index in [1.807, 2.05) is 56.3 Å². The van der Waals surface area contributed by atoms with Crippen molar-refractivity contribution in [2.24, 2.45) is 5.73 Å². The summed E-state index contributed by atoms with van der Waals surface area (Å²) in [5.41, 5.74) is 8.18. The Morgan fingerprint density at radius 1 is 1.25 bits per heavy atom. The van der Waals surface area contributed by atoms with Crippen LogP contribution >= 0.6 is 27.3 Å². The van der Waals surface area contributed by atoms with Crippen molar-refractivity contribution >= 4 is 44.8 Å². The number of carbonyl (C=O) groups is 1. The molecule has 0 unspecified atom stereocenters. The summed E-state index contributed by atoms with van der Waals surface area (Å²) in [6.07, 6.45) is 1.73. The molecular formula is C21H16BrN3O2S. The molecule has 3 aromatic rings. The van der Waals surface area contributed by atoms with Gasteiger partial charge in [-0.05, 0) is 43.2 Å². The number of nitrogens with two attached hydrogens (primary N) is 1. The molecule has 1 amide bonds. The zero-order valence-electron chi connectivity index (χ0n) is 15.2. The Bertz CT molecular complexity index is 1310. The second-order valence-corrected chi connectivity index (χ2v) is 8.10. The summed E-state index contributed by atoms with van der Waals surface area (Å²) < 4.78 is 2.86. The Morgan fingerprint density at radius 2 is 1.96 bits per heavy atom. The lowest BCUT2D eigenvalue weighted by Gasteiger charge is -2.08. The summed E-state index contributed by atoms with van der Waals surface area (Å²) >= 11 is 4.54. The smallest absolute Gasteiger partial charge is 0.273 e. The average molecular weight is 454 g/mol. The van der Waals surface area contributed by atoms with Crippen LogP contribution in [0.2, 0.25) is 0 Å². The molecule has 0 radical (unpaired) electrons. The highest BCUT2D eigenvalue weighted by atomic mass is 79.9. The van der Waals surface area contributed by atoms with E-state index < -0.39 is 5.91 Å². The third-order valence-electron chi connectivity index (χ3n) is 4.18. The van der Waals surface area contributed by atoms with Crippen LogP contribution in [-0.2, 0) is 4.79 Å². The zero-order chi connectivity index (χ0) is 20.4. The first kappa shape index (κ1) is 19.8. The van der Waals surface area contributed by atoms with Gasteiger partial charge in [0.15, 0.2) is 5.57 Å². The van der Waals surface area contributed by atoms with Crippen LogP contribution in [0.5, 0.6) is 0 Å². The molecule has 0 aliphatic carbocycles. The minimum absolute atomic E-state index is 0.227. The standard InChI is InChI=1S/C21H16BrN3O2S/c1-12-7-8-17(13(2)9-12)25-20(27)18(10-14-5-3-4-6-16(14)22)28-21(25)15(11-23)19(24)26/h3-10H,1-2H3,(H2,24,26). The van der Waals surface area contributed by atoms with E-state index in [2.05, 4.69) is 15.9 Å². The number of aryl methyl sites for hydroxylation is 2. The van der Waals surface area contributed by atoms with E-state index in [1.54, 1.807) is 12.1 Å². The van der Waals surface area contributed by atoms with Crippen molar-refractivity contribution in [3.63, 3.8) is 0 Å². The second-order valence-electron chi connectivity index (χ2n) is 6.22. The summed E-state index contributed by atoms with van der Waals surface area (Å²) in [4.78, 5) is 25.1. The number of amides is 1. The van der Waals surface area contributed by atoms with Crippen LogP contribution in [0.25, 0.3) is 17.3 Å². The highest BCUT2D eigenvalue weighted by Gasteiger charge is 2.16. The Labute approximate surface area is 173 Å². The van der Waals surface area contributed by atoms with Gasteiger partial charge in [0.2, 0.25) is 0 Å². The van der Waals surface area contributed by atoms with Gasteiger partial charge in [0, 0.05) is 4.47 Å². The van der Waals surface area contributed by atoms with Crippen molar-refractivity contribution in [3.05, 3.63) is 83.2 Å². The molecule has 0 saturated carbocycles. The number of primary amides is 1. The van der Waals surface area contributed by atoms with Crippen molar-refractivity contribution in [2.75, 3.05) is 0 Å². The van der Waals surface area contributed by atoms with Gasteiger partial charge in [-0.25, -0.2) is 0 Å². The SMILES string of the molecule is Cc1ccc(-n2c(=C(C#N)C(N)=O)sc(=Cc3ccccc3Br)c2=O)c(C)c1. The quantitative estimate of drug-likeness (QED) is 0.659. The van der Waals surface area contributed by atoms with Crippen LogP contribution in [0.3, 0.4) is 0 Å². The third kappa shape index (κ3) is 3.70. The number of halogens is 1. The highest BCUT2D eigenvalue weighted by molar-refractivity contribution is 9.10. The Kier molecular flexibility index (Phi) is 5.63. The molecule has 2 aromatic carbocycles. The minimum atomic E-state index is -0.866. The maximum atomic E-state index is 13.2. The fraction of sp³-hybridized carbons (Fsp3) is 0.0952. The second kappa shape index (κ2) is 7.97. The van der Waals surface area contributed by atoms with Crippen LogP contribution < -0.4 is 20.5 Å². The molecule has 7 heteroatoms. The van der Waals surface area contributed by atoms with Gasteiger partial charge in [-0.2, -0.15) is 5.26 Å². The monoisotopic (exact) mass is 453 g/mol. The van der Waals surface area contributed by atoms with E-state index in [0.29, 0.717) is 10.2 Å². The van der Waals surface area contributed by atoms with Gasteiger partial charge in [0.1, 0.15) is 10.7 Å². The molecule has 0 fully saturated rings.